The Labute approximate surface area is 186 Å². The molecule has 1 atom stereocenters. The quantitative estimate of drug-likeness (QED) is 0.575. The second-order valence-electron chi connectivity index (χ2n) is 7.23. The Balaban J connectivity index is 1.51. The average molecular weight is 433 g/mol. The molecule has 1 saturated heterocycles. The van der Waals surface area contributed by atoms with E-state index < -0.39 is 0 Å². The van der Waals surface area contributed by atoms with Crippen LogP contribution in [0.5, 0.6) is 5.75 Å². The monoisotopic (exact) mass is 432 g/mol. The van der Waals surface area contributed by atoms with Crippen LogP contribution in [0.25, 0.3) is 0 Å². The normalized spacial score (nSPS) is 15.7. The zero-order valence-corrected chi connectivity index (χ0v) is 18.3. The molecular formula is C25H24N2O3S. The molecule has 0 aromatic heterocycles. The molecule has 1 fully saturated rings. The highest BCUT2D eigenvalue weighted by Gasteiger charge is 2.35. The Hall–Kier alpha value is -3.25. The molecule has 1 unspecified atom stereocenters. The van der Waals surface area contributed by atoms with Gasteiger partial charge in [0.2, 0.25) is 5.91 Å². The molecule has 1 aliphatic heterocycles. The summed E-state index contributed by atoms with van der Waals surface area (Å²) >= 11 is 1.58. The third kappa shape index (κ3) is 4.44. The summed E-state index contributed by atoms with van der Waals surface area (Å²) in [6.45, 7) is 2.09. The van der Waals surface area contributed by atoms with Gasteiger partial charge in [0.1, 0.15) is 11.1 Å². The maximum Gasteiger partial charge on any atom is 0.255 e. The Kier molecular flexibility index (Phi) is 6.28. The number of anilines is 2. The van der Waals surface area contributed by atoms with Gasteiger partial charge >= 0.3 is 0 Å². The van der Waals surface area contributed by atoms with Gasteiger partial charge in [0.15, 0.2) is 0 Å². The van der Waals surface area contributed by atoms with Gasteiger partial charge in [-0.05, 0) is 53.9 Å². The summed E-state index contributed by atoms with van der Waals surface area (Å²) in [5.41, 5.74) is 4.29. The van der Waals surface area contributed by atoms with Crippen LogP contribution in [0.2, 0.25) is 0 Å². The van der Waals surface area contributed by atoms with Gasteiger partial charge in [0.05, 0.1) is 18.6 Å². The molecule has 0 spiro atoms. The summed E-state index contributed by atoms with van der Waals surface area (Å²) < 4.78 is 5.46. The van der Waals surface area contributed by atoms with Crippen molar-refractivity contribution in [2.45, 2.75) is 18.7 Å². The van der Waals surface area contributed by atoms with E-state index in [0.717, 1.165) is 17.7 Å². The fourth-order valence-corrected chi connectivity index (χ4v) is 4.76. The largest absolute Gasteiger partial charge is 0.495 e. The van der Waals surface area contributed by atoms with Crippen molar-refractivity contribution in [3.63, 3.8) is 0 Å². The Morgan fingerprint density at radius 3 is 2.45 bits per heavy atom. The molecule has 5 nitrogen and oxygen atoms in total. The predicted molar refractivity (Wildman–Crippen MR) is 126 cm³/mol. The minimum absolute atomic E-state index is 0.0485. The van der Waals surface area contributed by atoms with Crippen molar-refractivity contribution in [1.82, 2.24) is 0 Å². The first-order valence-electron chi connectivity index (χ1n) is 10.2. The van der Waals surface area contributed by atoms with E-state index in [1.807, 2.05) is 72.8 Å². The van der Waals surface area contributed by atoms with Crippen molar-refractivity contribution in [3.05, 3.63) is 89.5 Å². The number of benzene rings is 3. The van der Waals surface area contributed by atoms with Crippen LogP contribution < -0.4 is 15.0 Å². The SMILES string of the molecule is CCc1ccc(C(=O)Nc2ccc(C3SCC(=O)N3c3ccccc3OC)cc2)cc1. The Morgan fingerprint density at radius 2 is 1.77 bits per heavy atom. The molecule has 31 heavy (non-hydrogen) atoms. The van der Waals surface area contributed by atoms with Crippen LogP contribution >= 0.6 is 11.8 Å². The molecule has 1 heterocycles. The number of nitrogens with zero attached hydrogens (tertiary/aromatic N) is 1. The van der Waals surface area contributed by atoms with Crippen molar-refractivity contribution in [2.24, 2.45) is 0 Å². The Morgan fingerprint density at radius 1 is 1.06 bits per heavy atom. The topological polar surface area (TPSA) is 58.6 Å². The maximum atomic E-state index is 12.6. The van der Waals surface area contributed by atoms with Crippen LogP contribution in [0.3, 0.4) is 0 Å². The lowest BCUT2D eigenvalue weighted by molar-refractivity contribution is -0.115. The average Bonchev–Trinajstić information content (AvgIpc) is 3.20. The molecule has 0 radical (unpaired) electrons. The zero-order valence-electron chi connectivity index (χ0n) is 17.5. The van der Waals surface area contributed by atoms with E-state index in [1.54, 1.807) is 23.8 Å². The lowest BCUT2D eigenvalue weighted by atomic mass is 10.1. The number of nitrogens with one attached hydrogen (secondary N) is 1. The van der Waals surface area contributed by atoms with Crippen LogP contribution in [0.15, 0.2) is 72.8 Å². The summed E-state index contributed by atoms with van der Waals surface area (Å²) in [4.78, 5) is 26.9. The van der Waals surface area contributed by atoms with Crippen LogP contribution in [0, 0.1) is 0 Å². The van der Waals surface area contributed by atoms with Crippen molar-refractivity contribution in [1.29, 1.82) is 0 Å². The number of carbonyl (C=O) groups is 2. The first-order valence-corrected chi connectivity index (χ1v) is 11.2. The highest BCUT2D eigenvalue weighted by atomic mass is 32.2. The molecule has 3 aromatic carbocycles. The van der Waals surface area contributed by atoms with Crippen molar-refractivity contribution in [3.8, 4) is 5.75 Å². The lowest BCUT2D eigenvalue weighted by Gasteiger charge is -2.26. The van der Waals surface area contributed by atoms with Gasteiger partial charge in [0.25, 0.3) is 5.91 Å². The van der Waals surface area contributed by atoms with Gasteiger partial charge in [-0.2, -0.15) is 0 Å². The Bertz CT molecular complexity index is 1080. The summed E-state index contributed by atoms with van der Waals surface area (Å²) in [7, 11) is 1.61. The van der Waals surface area contributed by atoms with Crippen molar-refractivity contribution in [2.75, 3.05) is 23.1 Å². The second kappa shape index (κ2) is 9.27. The van der Waals surface area contributed by atoms with Crippen molar-refractivity contribution >= 4 is 35.0 Å². The molecule has 4 rings (SSSR count). The first kappa shape index (κ1) is 21.0. The molecular weight excluding hydrogens is 408 g/mol. The third-order valence-corrected chi connectivity index (χ3v) is 6.50. The van der Waals surface area contributed by atoms with E-state index >= 15 is 0 Å². The van der Waals surface area contributed by atoms with E-state index in [4.69, 9.17) is 4.74 Å². The number of amides is 2. The summed E-state index contributed by atoms with van der Waals surface area (Å²) in [6, 6.07) is 22.8. The first-order chi connectivity index (χ1) is 15.1. The molecule has 1 N–H and O–H groups in total. The van der Waals surface area contributed by atoms with E-state index in [-0.39, 0.29) is 17.2 Å². The number of hydrogen-bond donors (Lipinski definition) is 1. The van der Waals surface area contributed by atoms with Crippen molar-refractivity contribution < 1.29 is 14.3 Å². The summed E-state index contributed by atoms with van der Waals surface area (Å²) in [5.74, 6) is 0.986. The molecule has 6 heteroatoms. The zero-order chi connectivity index (χ0) is 21.8. The van der Waals surface area contributed by atoms with E-state index in [9.17, 15) is 9.59 Å². The highest BCUT2D eigenvalue weighted by molar-refractivity contribution is 8.00. The molecule has 3 aromatic rings. The number of thioether (sulfide) groups is 1. The standard InChI is InChI=1S/C25H24N2O3S/c1-3-17-8-10-18(11-9-17)24(29)26-20-14-12-19(13-15-20)25-27(23(28)16-31-25)21-6-4-5-7-22(21)30-2/h4-15,25H,3,16H2,1-2H3,(H,26,29). The number of ether oxygens (including phenoxy) is 1. The third-order valence-electron chi connectivity index (χ3n) is 5.29. The minimum Gasteiger partial charge on any atom is -0.495 e. The van der Waals surface area contributed by atoms with Crippen LogP contribution in [-0.2, 0) is 11.2 Å². The fourth-order valence-electron chi connectivity index (χ4n) is 3.59. The second-order valence-corrected chi connectivity index (χ2v) is 8.29. The molecule has 1 aliphatic rings. The number of para-hydroxylation sites is 2. The molecule has 0 bridgehead atoms. The van der Waals surface area contributed by atoms with E-state index in [0.29, 0.717) is 22.8 Å². The van der Waals surface area contributed by atoms with Gasteiger partial charge in [-0.15, -0.1) is 11.8 Å². The molecule has 0 saturated carbocycles. The number of hydrogen-bond acceptors (Lipinski definition) is 4. The molecule has 2 amide bonds. The molecule has 0 aliphatic carbocycles. The van der Waals surface area contributed by atoms with Gasteiger partial charge in [-0.3, -0.25) is 14.5 Å². The molecule has 158 valence electrons. The maximum absolute atomic E-state index is 12.6. The summed E-state index contributed by atoms with van der Waals surface area (Å²) in [5, 5.41) is 2.79. The lowest BCUT2D eigenvalue weighted by Crippen LogP contribution is -2.28. The van der Waals surface area contributed by atoms with Gasteiger partial charge in [-0.25, -0.2) is 0 Å². The van der Waals surface area contributed by atoms with Gasteiger partial charge in [0, 0.05) is 11.3 Å². The summed E-state index contributed by atoms with van der Waals surface area (Å²) in [6.07, 6.45) is 0.941. The van der Waals surface area contributed by atoms with Gasteiger partial charge < -0.3 is 10.1 Å². The highest BCUT2D eigenvalue weighted by Crippen LogP contribution is 2.44. The van der Waals surface area contributed by atoms with Gasteiger partial charge in [-0.1, -0.05) is 43.3 Å². The van der Waals surface area contributed by atoms with Crippen LogP contribution in [0.4, 0.5) is 11.4 Å². The smallest absolute Gasteiger partial charge is 0.255 e. The number of aryl methyl sites for hydroxylation is 1. The van der Waals surface area contributed by atoms with Crippen LogP contribution in [0.1, 0.15) is 33.8 Å². The predicted octanol–water partition coefficient (Wildman–Crippen LogP) is 5.29. The van der Waals surface area contributed by atoms with E-state index in [1.165, 1.54) is 5.56 Å². The number of carbonyl (C=O) groups excluding carboxylic acids is 2. The fraction of sp³-hybridized carbons (Fsp3) is 0.200. The number of rotatable bonds is 6. The number of methoxy groups -OCH3 is 1. The van der Waals surface area contributed by atoms with E-state index in [2.05, 4.69) is 12.2 Å². The van der Waals surface area contributed by atoms with Crippen LogP contribution in [-0.4, -0.2) is 24.7 Å². The minimum atomic E-state index is -0.143.